The lowest BCUT2D eigenvalue weighted by Gasteiger charge is -2.35. The molecule has 0 aliphatic carbocycles. The molecule has 0 N–H and O–H groups in total. The number of aromatic nitrogens is 4. The molecule has 0 spiro atoms. The number of benzene rings is 1. The Kier molecular flexibility index (Phi) is 6.31. The lowest BCUT2D eigenvalue weighted by Crippen LogP contribution is -2.49. The van der Waals surface area contributed by atoms with E-state index in [-0.39, 0.29) is 37.7 Å². The standard InChI is InChI=1S/C22H20F3N5O2.ClH/c23-22(24,25)18-14-28(10-11-32-18)17-5-3-4-15-12-26-30(21(31)20(15)17)9-7-16-13-29-8-2-1-6-19(29)27-16;/h1-6,8,12-13,18H,7,9-11,14H2;1H. The number of nitrogens with zero attached hydrogens (tertiary/aromatic N) is 5. The van der Waals surface area contributed by atoms with E-state index in [9.17, 15) is 18.0 Å². The number of ether oxygens (including phenoxy) is 1. The van der Waals surface area contributed by atoms with Crippen LogP contribution in [-0.2, 0) is 17.7 Å². The van der Waals surface area contributed by atoms with E-state index in [1.807, 2.05) is 35.0 Å². The minimum Gasteiger partial charge on any atom is -0.366 e. The highest BCUT2D eigenvalue weighted by Gasteiger charge is 2.43. The third-order valence-electron chi connectivity index (χ3n) is 5.63. The van der Waals surface area contributed by atoms with Crippen molar-refractivity contribution in [2.45, 2.75) is 25.2 Å². The molecule has 7 nitrogen and oxygen atoms in total. The molecule has 11 heteroatoms. The van der Waals surface area contributed by atoms with E-state index in [0.29, 0.717) is 29.4 Å². The molecule has 4 heterocycles. The Balaban J connectivity index is 0.00000259. The van der Waals surface area contributed by atoms with Crippen LogP contribution in [0.5, 0.6) is 0 Å². The van der Waals surface area contributed by atoms with Gasteiger partial charge in [0.2, 0.25) is 0 Å². The monoisotopic (exact) mass is 479 g/mol. The van der Waals surface area contributed by atoms with Crippen LogP contribution < -0.4 is 10.5 Å². The van der Waals surface area contributed by atoms with E-state index in [1.54, 1.807) is 29.3 Å². The fourth-order valence-electron chi connectivity index (χ4n) is 4.03. The molecule has 0 saturated carbocycles. The quantitative estimate of drug-likeness (QED) is 0.448. The van der Waals surface area contributed by atoms with Gasteiger partial charge >= 0.3 is 6.18 Å². The van der Waals surface area contributed by atoms with Gasteiger partial charge in [-0.1, -0.05) is 18.2 Å². The fraction of sp³-hybridized carbons (Fsp3) is 0.318. The highest BCUT2D eigenvalue weighted by Crippen LogP contribution is 2.30. The van der Waals surface area contributed by atoms with Crippen LogP contribution >= 0.6 is 12.4 Å². The topological polar surface area (TPSA) is 64.7 Å². The van der Waals surface area contributed by atoms with Crippen molar-refractivity contribution >= 4 is 34.5 Å². The van der Waals surface area contributed by atoms with E-state index >= 15 is 0 Å². The summed E-state index contributed by atoms with van der Waals surface area (Å²) in [4.78, 5) is 19.4. The number of pyridine rings is 1. The summed E-state index contributed by atoms with van der Waals surface area (Å²) >= 11 is 0. The van der Waals surface area contributed by atoms with E-state index in [4.69, 9.17) is 4.74 Å². The minimum atomic E-state index is -4.46. The van der Waals surface area contributed by atoms with Gasteiger partial charge in [-0.3, -0.25) is 4.79 Å². The van der Waals surface area contributed by atoms with Gasteiger partial charge in [-0.2, -0.15) is 18.3 Å². The second-order valence-corrected chi connectivity index (χ2v) is 7.71. The molecule has 33 heavy (non-hydrogen) atoms. The molecule has 174 valence electrons. The van der Waals surface area contributed by atoms with Gasteiger partial charge in [0.25, 0.3) is 5.56 Å². The summed E-state index contributed by atoms with van der Waals surface area (Å²) < 4.78 is 47.7. The lowest BCUT2D eigenvalue weighted by molar-refractivity contribution is -0.221. The third-order valence-corrected chi connectivity index (χ3v) is 5.63. The zero-order chi connectivity index (χ0) is 22.3. The molecule has 1 aliphatic heterocycles. The molecule has 1 unspecified atom stereocenters. The Bertz CT molecular complexity index is 1300. The molecule has 0 radical (unpaired) electrons. The minimum absolute atomic E-state index is 0. The number of halogens is 4. The maximum Gasteiger partial charge on any atom is 0.416 e. The van der Waals surface area contributed by atoms with Crippen LogP contribution in [0.25, 0.3) is 16.4 Å². The predicted molar refractivity (Wildman–Crippen MR) is 120 cm³/mol. The molecule has 5 rings (SSSR count). The average molecular weight is 480 g/mol. The molecule has 0 amide bonds. The molecule has 1 saturated heterocycles. The Morgan fingerprint density at radius 3 is 2.79 bits per heavy atom. The van der Waals surface area contributed by atoms with Crippen molar-refractivity contribution in [2.24, 2.45) is 0 Å². The first-order valence-corrected chi connectivity index (χ1v) is 10.2. The lowest BCUT2D eigenvalue weighted by atomic mass is 10.1. The van der Waals surface area contributed by atoms with Gasteiger partial charge in [0, 0.05) is 30.7 Å². The van der Waals surface area contributed by atoms with Gasteiger partial charge in [0.15, 0.2) is 6.10 Å². The number of anilines is 1. The molecular weight excluding hydrogens is 459 g/mol. The number of hydrogen-bond acceptors (Lipinski definition) is 5. The van der Waals surface area contributed by atoms with Gasteiger partial charge in [-0.25, -0.2) is 9.67 Å². The number of alkyl halides is 3. The Morgan fingerprint density at radius 2 is 2.00 bits per heavy atom. The number of morpholine rings is 1. The first-order valence-electron chi connectivity index (χ1n) is 10.2. The van der Waals surface area contributed by atoms with Crippen molar-refractivity contribution in [2.75, 3.05) is 24.6 Å². The van der Waals surface area contributed by atoms with Crippen LogP contribution in [0.3, 0.4) is 0 Å². The van der Waals surface area contributed by atoms with Gasteiger partial charge < -0.3 is 14.0 Å². The summed E-state index contributed by atoms with van der Waals surface area (Å²) in [5.74, 6) is 0. The Hall–Kier alpha value is -3.11. The van der Waals surface area contributed by atoms with Crippen molar-refractivity contribution in [3.63, 3.8) is 0 Å². The zero-order valence-electron chi connectivity index (χ0n) is 17.4. The SMILES string of the molecule is Cl.O=c1c2c(N3CCOC(C(F)(F)F)C3)cccc2cnn1CCc1cn2ccccc2n1. The second-order valence-electron chi connectivity index (χ2n) is 7.71. The van der Waals surface area contributed by atoms with Crippen LogP contribution in [0.2, 0.25) is 0 Å². The number of fused-ring (bicyclic) bond motifs is 2. The first kappa shape index (κ1) is 23.1. The average Bonchev–Trinajstić information content (AvgIpc) is 3.21. The van der Waals surface area contributed by atoms with Crippen LogP contribution in [0, 0.1) is 0 Å². The summed E-state index contributed by atoms with van der Waals surface area (Å²) in [5.41, 5.74) is 1.76. The molecule has 1 aromatic carbocycles. The largest absolute Gasteiger partial charge is 0.416 e. The highest BCUT2D eigenvalue weighted by atomic mass is 35.5. The molecule has 1 fully saturated rings. The second kappa shape index (κ2) is 9.03. The summed E-state index contributed by atoms with van der Waals surface area (Å²) in [6, 6.07) is 10.8. The van der Waals surface area contributed by atoms with E-state index in [0.717, 1.165) is 11.3 Å². The summed E-state index contributed by atoms with van der Waals surface area (Å²) in [6.07, 6.45) is -0.473. The number of hydrogen-bond donors (Lipinski definition) is 0. The number of imidazole rings is 1. The van der Waals surface area contributed by atoms with Crippen molar-refractivity contribution in [3.8, 4) is 0 Å². The third kappa shape index (κ3) is 4.53. The molecule has 3 aromatic heterocycles. The van der Waals surface area contributed by atoms with Gasteiger partial charge in [0.05, 0.1) is 42.7 Å². The molecule has 1 aliphatic rings. The highest BCUT2D eigenvalue weighted by molar-refractivity contribution is 5.93. The van der Waals surface area contributed by atoms with Crippen LogP contribution in [0.15, 0.2) is 59.8 Å². The van der Waals surface area contributed by atoms with Crippen molar-refractivity contribution in [3.05, 3.63) is 71.0 Å². The van der Waals surface area contributed by atoms with Crippen LogP contribution in [0.4, 0.5) is 18.9 Å². The molecular formula is C22H21ClF3N5O2. The van der Waals surface area contributed by atoms with Crippen molar-refractivity contribution < 1.29 is 17.9 Å². The molecule has 4 aromatic rings. The smallest absolute Gasteiger partial charge is 0.366 e. The number of aryl methyl sites for hydroxylation is 2. The predicted octanol–water partition coefficient (Wildman–Crippen LogP) is 3.48. The number of rotatable bonds is 4. The van der Waals surface area contributed by atoms with Gasteiger partial charge in [0.1, 0.15) is 5.65 Å². The van der Waals surface area contributed by atoms with E-state index in [1.165, 1.54) is 4.68 Å². The van der Waals surface area contributed by atoms with Gasteiger partial charge in [-0.15, -0.1) is 12.4 Å². The van der Waals surface area contributed by atoms with Crippen LogP contribution in [-0.4, -0.2) is 51.1 Å². The maximum atomic E-state index is 13.3. The van der Waals surface area contributed by atoms with E-state index < -0.39 is 12.3 Å². The van der Waals surface area contributed by atoms with E-state index in [2.05, 4.69) is 10.1 Å². The first-order chi connectivity index (χ1) is 15.4. The zero-order valence-corrected chi connectivity index (χ0v) is 18.2. The normalized spacial score (nSPS) is 16.8. The van der Waals surface area contributed by atoms with Crippen molar-refractivity contribution in [1.82, 2.24) is 19.2 Å². The summed E-state index contributed by atoms with van der Waals surface area (Å²) in [7, 11) is 0. The van der Waals surface area contributed by atoms with Gasteiger partial charge in [-0.05, 0) is 18.2 Å². The van der Waals surface area contributed by atoms with Crippen LogP contribution in [0.1, 0.15) is 5.69 Å². The van der Waals surface area contributed by atoms with Crippen molar-refractivity contribution in [1.29, 1.82) is 0 Å². The fourth-order valence-corrected chi connectivity index (χ4v) is 4.03. The maximum absolute atomic E-state index is 13.3. The summed E-state index contributed by atoms with van der Waals surface area (Å²) in [6.45, 7) is 0.162. The Morgan fingerprint density at radius 1 is 1.15 bits per heavy atom. The molecule has 1 atom stereocenters. The Labute approximate surface area is 192 Å². The molecule has 0 bridgehead atoms. The summed E-state index contributed by atoms with van der Waals surface area (Å²) in [5, 5.41) is 5.21.